The standard InChI is InChI=1S/C10H19NO3S/c1-4-10(11(5-2)6-3)8-7-9-15(12,13)14/h1,10H,5-9H2,2-3H3,(H,12,13,14). The molecule has 4 nitrogen and oxygen atoms in total. The van der Waals surface area contributed by atoms with E-state index < -0.39 is 10.1 Å². The molecule has 0 aliphatic carbocycles. The van der Waals surface area contributed by atoms with Crippen LogP contribution in [0.25, 0.3) is 0 Å². The Morgan fingerprint density at radius 2 is 1.93 bits per heavy atom. The van der Waals surface area contributed by atoms with E-state index in [-0.39, 0.29) is 11.8 Å². The maximum absolute atomic E-state index is 10.5. The van der Waals surface area contributed by atoms with E-state index in [1.165, 1.54) is 0 Å². The van der Waals surface area contributed by atoms with Crippen molar-refractivity contribution in [3.63, 3.8) is 0 Å². The molecule has 0 saturated heterocycles. The first-order chi connectivity index (χ1) is 6.94. The molecule has 0 radical (unpaired) electrons. The highest BCUT2D eigenvalue weighted by Crippen LogP contribution is 2.06. The van der Waals surface area contributed by atoms with Crippen LogP contribution in [-0.4, -0.2) is 42.8 Å². The Bertz CT molecular complexity index is 301. The Hall–Kier alpha value is -0.570. The van der Waals surface area contributed by atoms with Crippen molar-refractivity contribution in [3.05, 3.63) is 0 Å². The van der Waals surface area contributed by atoms with Gasteiger partial charge < -0.3 is 0 Å². The summed E-state index contributed by atoms with van der Waals surface area (Å²) in [5.41, 5.74) is 0. The first kappa shape index (κ1) is 14.4. The number of hydrogen-bond acceptors (Lipinski definition) is 3. The second-order valence-corrected chi connectivity index (χ2v) is 4.90. The molecule has 1 unspecified atom stereocenters. The van der Waals surface area contributed by atoms with E-state index in [0.29, 0.717) is 12.8 Å². The minimum atomic E-state index is -3.85. The minimum absolute atomic E-state index is 0.0400. The predicted octanol–water partition coefficient (Wildman–Crippen LogP) is 0.998. The Labute approximate surface area is 92.4 Å². The summed E-state index contributed by atoms with van der Waals surface area (Å²) in [6.07, 6.45) is 6.36. The van der Waals surface area contributed by atoms with Crippen LogP contribution in [0.3, 0.4) is 0 Å². The topological polar surface area (TPSA) is 57.6 Å². The minimum Gasteiger partial charge on any atom is -0.290 e. The Morgan fingerprint density at radius 3 is 2.27 bits per heavy atom. The normalized spacial score (nSPS) is 13.8. The summed E-state index contributed by atoms with van der Waals surface area (Å²) in [6.45, 7) is 5.71. The molecule has 5 heteroatoms. The summed E-state index contributed by atoms with van der Waals surface area (Å²) in [4.78, 5) is 2.09. The summed E-state index contributed by atoms with van der Waals surface area (Å²) < 4.78 is 29.6. The molecule has 0 aromatic heterocycles. The fraction of sp³-hybridized carbons (Fsp3) is 0.800. The van der Waals surface area contributed by atoms with Crippen molar-refractivity contribution in [2.75, 3.05) is 18.8 Å². The van der Waals surface area contributed by atoms with Gasteiger partial charge in [0.2, 0.25) is 0 Å². The van der Waals surface area contributed by atoms with Gasteiger partial charge in [0.05, 0.1) is 11.8 Å². The fourth-order valence-corrected chi connectivity index (χ4v) is 2.03. The summed E-state index contributed by atoms with van der Waals surface area (Å²) in [6, 6.07) is -0.0400. The lowest BCUT2D eigenvalue weighted by Gasteiger charge is -2.25. The molecule has 0 fully saturated rings. The van der Waals surface area contributed by atoms with Gasteiger partial charge in [-0.15, -0.1) is 6.42 Å². The van der Waals surface area contributed by atoms with Crippen molar-refractivity contribution in [2.45, 2.75) is 32.7 Å². The summed E-state index contributed by atoms with van der Waals surface area (Å²) in [5, 5.41) is 0. The van der Waals surface area contributed by atoms with Gasteiger partial charge in [0.15, 0.2) is 0 Å². The van der Waals surface area contributed by atoms with Gasteiger partial charge >= 0.3 is 0 Å². The van der Waals surface area contributed by atoms with Crippen molar-refractivity contribution in [1.29, 1.82) is 0 Å². The van der Waals surface area contributed by atoms with Gasteiger partial charge in [-0.3, -0.25) is 9.45 Å². The van der Waals surface area contributed by atoms with Crippen molar-refractivity contribution >= 4 is 10.1 Å². The van der Waals surface area contributed by atoms with Crippen LogP contribution in [0.1, 0.15) is 26.7 Å². The van der Waals surface area contributed by atoms with E-state index >= 15 is 0 Å². The Kier molecular flexibility index (Phi) is 6.57. The highest BCUT2D eigenvalue weighted by molar-refractivity contribution is 7.85. The van der Waals surface area contributed by atoms with E-state index in [1.807, 2.05) is 13.8 Å². The SMILES string of the molecule is C#CC(CCCS(=O)(=O)O)N(CC)CC. The van der Waals surface area contributed by atoms with Crippen molar-refractivity contribution in [1.82, 2.24) is 4.90 Å². The quantitative estimate of drug-likeness (QED) is 0.526. The van der Waals surface area contributed by atoms with Gasteiger partial charge in [-0.1, -0.05) is 19.8 Å². The van der Waals surface area contributed by atoms with Gasteiger partial charge in [0.1, 0.15) is 0 Å². The third-order valence-corrected chi connectivity index (χ3v) is 3.13. The molecular weight excluding hydrogens is 214 g/mol. The number of terminal acetylenes is 1. The average Bonchev–Trinajstić information content (AvgIpc) is 2.15. The number of nitrogens with zero attached hydrogens (tertiary/aromatic N) is 1. The molecule has 1 N–H and O–H groups in total. The molecule has 1 atom stereocenters. The first-order valence-corrected chi connectivity index (χ1v) is 6.70. The van der Waals surface area contributed by atoms with E-state index in [1.54, 1.807) is 0 Å². The Morgan fingerprint density at radius 1 is 1.40 bits per heavy atom. The zero-order valence-electron chi connectivity index (χ0n) is 9.31. The smallest absolute Gasteiger partial charge is 0.264 e. The van der Waals surface area contributed by atoms with Crippen LogP contribution in [-0.2, 0) is 10.1 Å². The number of hydrogen-bond donors (Lipinski definition) is 1. The lowest BCUT2D eigenvalue weighted by molar-refractivity contribution is 0.250. The fourth-order valence-electron chi connectivity index (χ4n) is 1.49. The van der Waals surface area contributed by atoms with Crippen molar-refractivity contribution in [3.8, 4) is 12.3 Å². The lowest BCUT2D eigenvalue weighted by Crippen LogP contribution is -2.34. The van der Waals surface area contributed by atoms with E-state index in [4.69, 9.17) is 11.0 Å². The number of rotatable bonds is 7. The van der Waals surface area contributed by atoms with Crippen LogP contribution in [0.15, 0.2) is 0 Å². The van der Waals surface area contributed by atoms with Crippen molar-refractivity contribution in [2.24, 2.45) is 0 Å². The molecule has 0 bridgehead atoms. The summed E-state index contributed by atoms with van der Waals surface area (Å²) >= 11 is 0. The van der Waals surface area contributed by atoms with Crippen LogP contribution in [0, 0.1) is 12.3 Å². The van der Waals surface area contributed by atoms with Crippen LogP contribution in [0.4, 0.5) is 0 Å². The van der Waals surface area contributed by atoms with Gasteiger partial charge in [0, 0.05) is 0 Å². The molecule has 0 aliphatic rings. The highest BCUT2D eigenvalue weighted by atomic mass is 32.2. The van der Waals surface area contributed by atoms with Crippen LogP contribution in [0.5, 0.6) is 0 Å². The summed E-state index contributed by atoms with van der Waals surface area (Å²) in [5.74, 6) is 2.42. The van der Waals surface area contributed by atoms with Crippen molar-refractivity contribution < 1.29 is 13.0 Å². The lowest BCUT2D eigenvalue weighted by atomic mass is 10.1. The third-order valence-electron chi connectivity index (χ3n) is 2.33. The maximum Gasteiger partial charge on any atom is 0.264 e. The Balaban J connectivity index is 4.07. The van der Waals surface area contributed by atoms with E-state index in [2.05, 4.69) is 10.8 Å². The molecule has 0 aliphatic heterocycles. The molecular formula is C10H19NO3S. The van der Waals surface area contributed by atoms with Gasteiger partial charge in [-0.2, -0.15) is 8.42 Å². The average molecular weight is 233 g/mol. The molecule has 0 amide bonds. The van der Waals surface area contributed by atoms with Gasteiger partial charge in [-0.25, -0.2) is 0 Å². The summed E-state index contributed by atoms with van der Waals surface area (Å²) in [7, 11) is -3.85. The highest BCUT2D eigenvalue weighted by Gasteiger charge is 2.13. The van der Waals surface area contributed by atoms with Gasteiger partial charge in [0.25, 0.3) is 10.1 Å². The van der Waals surface area contributed by atoms with E-state index in [9.17, 15) is 8.42 Å². The largest absolute Gasteiger partial charge is 0.290 e. The predicted molar refractivity (Wildman–Crippen MR) is 61.2 cm³/mol. The van der Waals surface area contributed by atoms with E-state index in [0.717, 1.165) is 13.1 Å². The molecule has 0 rings (SSSR count). The zero-order chi connectivity index (χ0) is 11.9. The zero-order valence-corrected chi connectivity index (χ0v) is 10.1. The van der Waals surface area contributed by atoms with Crippen LogP contribution in [0.2, 0.25) is 0 Å². The van der Waals surface area contributed by atoms with Gasteiger partial charge in [-0.05, 0) is 25.9 Å². The second-order valence-electron chi connectivity index (χ2n) is 3.33. The molecule has 0 spiro atoms. The van der Waals surface area contributed by atoms with Crippen LogP contribution >= 0.6 is 0 Å². The molecule has 88 valence electrons. The molecule has 15 heavy (non-hydrogen) atoms. The molecule has 0 aromatic carbocycles. The second kappa shape index (κ2) is 6.83. The monoisotopic (exact) mass is 233 g/mol. The molecule has 0 saturated carbocycles. The third kappa shape index (κ3) is 6.50. The molecule has 0 heterocycles. The maximum atomic E-state index is 10.5. The van der Waals surface area contributed by atoms with Crippen LogP contribution < -0.4 is 0 Å². The first-order valence-electron chi connectivity index (χ1n) is 5.10. The molecule has 0 aromatic rings.